The highest BCUT2D eigenvalue weighted by Crippen LogP contribution is 2.43. The van der Waals surface area contributed by atoms with Gasteiger partial charge in [0.25, 0.3) is 0 Å². The van der Waals surface area contributed by atoms with Gasteiger partial charge in [0.2, 0.25) is 15.9 Å². The number of anilines is 1. The lowest BCUT2D eigenvalue weighted by molar-refractivity contribution is -0.0614. The standard InChI is InChI=1S/C23H21F2NO4S/c1-26(2)19-15-13-17(14-16-19)21(30-22(27)18-9-5-3-6-10-18)23(24,25)31(28,29)20-11-7-4-8-12-20/h3-16,21H,1-2H3. The van der Waals surface area contributed by atoms with Gasteiger partial charge in [-0.2, -0.15) is 8.78 Å². The molecule has 0 aliphatic heterocycles. The van der Waals surface area contributed by atoms with E-state index in [-0.39, 0.29) is 11.1 Å². The molecule has 0 N–H and O–H groups in total. The van der Waals surface area contributed by atoms with Gasteiger partial charge in [-0.1, -0.05) is 48.5 Å². The molecule has 0 bridgehead atoms. The predicted octanol–water partition coefficient (Wildman–Crippen LogP) is 4.72. The highest BCUT2D eigenvalue weighted by Gasteiger charge is 2.56. The molecule has 0 heterocycles. The van der Waals surface area contributed by atoms with E-state index in [9.17, 15) is 13.2 Å². The molecule has 0 aromatic heterocycles. The van der Waals surface area contributed by atoms with E-state index < -0.39 is 32.1 Å². The Morgan fingerprint density at radius 3 is 1.90 bits per heavy atom. The number of nitrogens with zero attached hydrogens (tertiary/aromatic N) is 1. The third kappa shape index (κ3) is 4.59. The van der Waals surface area contributed by atoms with Crippen LogP contribution in [0.25, 0.3) is 0 Å². The van der Waals surface area contributed by atoms with Gasteiger partial charge in [-0.3, -0.25) is 0 Å². The first-order valence-electron chi connectivity index (χ1n) is 9.35. The van der Waals surface area contributed by atoms with Gasteiger partial charge in [-0.05, 0) is 42.0 Å². The second-order valence-corrected chi connectivity index (χ2v) is 9.04. The number of rotatable bonds is 7. The number of carbonyl (C=O) groups is 1. The van der Waals surface area contributed by atoms with Crippen LogP contribution in [0, 0.1) is 0 Å². The number of hydrogen-bond donors (Lipinski definition) is 0. The Kier molecular flexibility index (Phi) is 6.40. The highest BCUT2D eigenvalue weighted by molar-refractivity contribution is 7.92. The third-order valence-corrected chi connectivity index (χ3v) is 6.49. The van der Waals surface area contributed by atoms with Crippen molar-refractivity contribution in [2.45, 2.75) is 16.3 Å². The summed E-state index contributed by atoms with van der Waals surface area (Å²) in [7, 11) is -1.61. The molecule has 8 heteroatoms. The minimum Gasteiger partial charge on any atom is -0.446 e. The molecule has 0 radical (unpaired) electrons. The van der Waals surface area contributed by atoms with Crippen molar-refractivity contribution in [3.05, 3.63) is 96.1 Å². The molecule has 31 heavy (non-hydrogen) atoms. The normalized spacial score (nSPS) is 12.8. The molecule has 5 nitrogen and oxygen atoms in total. The summed E-state index contributed by atoms with van der Waals surface area (Å²) in [6.45, 7) is 0. The Bertz CT molecular complexity index is 1130. The zero-order valence-corrected chi connectivity index (χ0v) is 17.7. The van der Waals surface area contributed by atoms with Crippen LogP contribution in [-0.2, 0) is 14.6 Å². The summed E-state index contributed by atoms with van der Waals surface area (Å²) in [6.07, 6.45) is -2.35. The van der Waals surface area contributed by atoms with E-state index >= 15 is 8.78 Å². The second kappa shape index (κ2) is 8.85. The van der Waals surface area contributed by atoms with Crippen LogP contribution >= 0.6 is 0 Å². The zero-order valence-electron chi connectivity index (χ0n) is 16.9. The molecular weight excluding hydrogens is 424 g/mol. The molecule has 3 aromatic carbocycles. The van der Waals surface area contributed by atoms with Gasteiger partial charge in [-0.25, -0.2) is 13.2 Å². The molecule has 0 saturated carbocycles. The average molecular weight is 445 g/mol. The molecule has 0 aliphatic rings. The number of ether oxygens (including phenoxy) is 1. The number of hydrogen-bond acceptors (Lipinski definition) is 5. The minimum absolute atomic E-state index is 0.0327. The Hall–Kier alpha value is -3.26. The topological polar surface area (TPSA) is 63.7 Å². The Morgan fingerprint density at radius 1 is 0.871 bits per heavy atom. The van der Waals surface area contributed by atoms with E-state index in [1.54, 1.807) is 49.3 Å². The molecule has 3 aromatic rings. The summed E-state index contributed by atoms with van der Waals surface area (Å²) in [5, 5.41) is -4.42. The fraction of sp³-hybridized carbons (Fsp3) is 0.174. The second-order valence-electron chi connectivity index (χ2n) is 7.02. The maximum absolute atomic E-state index is 15.5. The van der Waals surface area contributed by atoms with Crippen molar-refractivity contribution in [1.82, 2.24) is 0 Å². The molecule has 1 atom stereocenters. The largest absolute Gasteiger partial charge is 0.446 e. The van der Waals surface area contributed by atoms with Crippen molar-refractivity contribution < 1.29 is 26.7 Å². The van der Waals surface area contributed by atoms with Crippen molar-refractivity contribution in [1.29, 1.82) is 0 Å². The molecular formula is C23H21F2NO4S. The van der Waals surface area contributed by atoms with Crippen molar-refractivity contribution in [3.8, 4) is 0 Å². The summed E-state index contributed by atoms with van der Waals surface area (Å²) >= 11 is 0. The van der Waals surface area contributed by atoms with Crippen molar-refractivity contribution in [2.75, 3.05) is 19.0 Å². The van der Waals surface area contributed by atoms with Crippen LogP contribution in [0.5, 0.6) is 0 Å². The highest BCUT2D eigenvalue weighted by atomic mass is 32.2. The Labute approximate surface area is 179 Å². The minimum atomic E-state index is -5.16. The van der Waals surface area contributed by atoms with E-state index in [4.69, 9.17) is 4.74 Å². The summed E-state index contributed by atoms with van der Waals surface area (Å²) in [4.78, 5) is 13.7. The summed E-state index contributed by atoms with van der Waals surface area (Å²) in [5.41, 5.74) is 0.607. The lowest BCUT2D eigenvalue weighted by Gasteiger charge is -2.27. The van der Waals surface area contributed by atoms with Gasteiger partial charge in [0.05, 0.1) is 10.5 Å². The van der Waals surface area contributed by atoms with Gasteiger partial charge in [-0.15, -0.1) is 0 Å². The molecule has 162 valence electrons. The Balaban J connectivity index is 2.07. The molecule has 1 unspecified atom stereocenters. The van der Waals surface area contributed by atoms with Crippen LogP contribution < -0.4 is 4.90 Å². The van der Waals surface area contributed by atoms with E-state index in [1.165, 1.54) is 42.5 Å². The van der Waals surface area contributed by atoms with Crippen LogP contribution in [0.15, 0.2) is 89.8 Å². The van der Waals surface area contributed by atoms with Crippen LogP contribution in [0.3, 0.4) is 0 Å². The number of carbonyl (C=O) groups excluding carboxylic acids is 1. The maximum Gasteiger partial charge on any atom is 0.389 e. The lowest BCUT2D eigenvalue weighted by atomic mass is 10.1. The number of sulfone groups is 1. The quantitative estimate of drug-likeness (QED) is 0.493. The van der Waals surface area contributed by atoms with Gasteiger partial charge >= 0.3 is 11.2 Å². The van der Waals surface area contributed by atoms with Crippen molar-refractivity contribution in [2.24, 2.45) is 0 Å². The molecule has 0 aliphatic carbocycles. The fourth-order valence-electron chi connectivity index (χ4n) is 2.92. The zero-order chi connectivity index (χ0) is 22.6. The van der Waals surface area contributed by atoms with Gasteiger partial charge in [0.15, 0.2) is 0 Å². The monoisotopic (exact) mass is 445 g/mol. The molecule has 0 spiro atoms. The van der Waals surface area contributed by atoms with E-state index in [0.29, 0.717) is 5.69 Å². The van der Waals surface area contributed by atoms with Crippen LogP contribution in [-0.4, -0.2) is 33.7 Å². The van der Waals surface area contributed by atoms with Crippen LogP contribution in [0.2, 0.25) is 0 Å². The van der Waals surface area contributed by atoms with E-state index in [0.717, 1.165) is 12.1 Å². The third-order valence-electron chi connectivity index (χ3n) is 4.66. The first-order valence-corrected chi connectivity index (χ1v) is 10.8. The molecule has 0 saturated heterocycles. The Morgan fingerprint density at radius 2 is 1.39 bits per heavy atom. The van der Waals surface area contributed by atoms with Gasteiger partial charge in [0, 0.05) is 19.8 Å². The van der Waals surface area contributed by atoms with E-state index in [2.05, 4.69) is 0 Å². The van der Waals surface area contributed by atoms with Crippen molar-refractivity contribution in [3.63, 3.8) is 0 Å². The summed E-state index contributed by atoms with van der Waals surface area (Å²) < 4.78 is 61.7. The first kappa shape index (κ1) is 22.4. The SMILES string of the molecule is CN(C)c1ccc(C(OC(=O)c2ccccc2)C(F)(F)S(=O)(=O)c2ccccc2)cc1. The average Bonchev–Trinajstić information content (AvgIpc) is 2.78. The lowest BCUT2D eigenvalue weighted by Crippen LogP contribution is -2.38. The van der Waals surface area contributed by atoms with E-state index in [1.807, 2.05) is 0 Å². The molecule has 0 amide bonds. The van der Waals surface area contributed by atoms with Crippen molar-refractivity contribution >= 4 is 21.5 Å². The van der Waals surface area contributed by atoms with Crippen LogP contribution in [0.4, 0.5) is 14.5 Å². The number of esters is 1. The predicted molar refractivity (Wildman–Crippen MR) is 114 cm³/mol. The number of benzene rings is 3. The maximum atomic E-state index is 15.5. The number of halogens is 2. The number of alkyl halides is 2. The van der Waals surface area contributed by atoms with Gasteiger partial charge in [0.1, 0.15) is 0 Å². The van der Waals surface area contributed by atoms with Crippen LogP contribution in [0.1, 0.15) is 22.0 Å². The molecule has 3 rings (SSSR count). The summed E-state index contributed by atoms with van der Waals surface area (Å²) in [5.74, 6) is -1.05. The first-order chi connectivity index (χ1) is 14.6. The smallest absolute Gasteiger partial charge is 0.389 e. The fourth-order valence-corrected chi connectivity index (χ4v) is 4.22. The summed E-state index contributed by atoms with van der Waals surface area (Å²) in [6, 6.07) is 19.7. The van der Waals surface area contributed by atoms with Gasteiger partial charge < -0.3 is 9.64 Å². The molecule has 0 fully saturated rings.